The number of benzene rings is 1. The van der Waals surface area contributed by atoms with E-state index in [9.17, 15) is 13.2 Å². The zero-order valence-electron chi connectivity index (χ0n) is 12.7. The molecule has 0 fully saturated rings. The zero-order valence-corrected chi connectivity index (χ0v) is 13.4. The van der Waals surface area contributed by atoms with Crippen molar-refractivity contribution < 1.29 is 13.2 Å². The molecule has 120 valence electrons. The largest absolute Gasteiger partial charge is 0.389 e. The number of nitrogens with one attached hydrogen (secondary N) is 1. The Morgan fingerprint density at radius 1 is 1.10 bits per heavy atom. The highest BCUT2D eigenvalue weighted by Crippen LogP contribution is 2.26. The van der Waals surface area contributed by atoms with Crippen molar-refractivity contribution >= 4 is 11.6 Å². The van der Waals surface area contributed by atoms with Gasteiger partial charge in [0.25, 0.3) is 0 Å². The Bertz CT molecular complexity index is 415. The van der Waals surface area contributed by atoms with Gasteiger partial charge in [0.15, 0.2) is 0 Å². The van der Waals surface area contributed by atoms with Crippen molar-refractivity contribution in [3.05, 3.63) is 34.9 Å². The van der Waals surface area contributed by atoms with Crippen LogP contribution in [-0.2, 0) is 0 Å². The highest BCUT2D eigenvalue weighted by Gasteiger charge is 2.26. The Hall–Kier alpha value is -0.740. The maximum Gasteiger partial charge on any atom is 0.389 e. The molecule has 2 unspecified atom stereocenters. The predicted molar refractivity (Wildman–Crippen MR) is 81.5 cm³/mol. The van der Waals surface area contributed by atoms with E-state index in [1.165, 1.54) is 0 Å². The lowest BCUT2D eigenvalue weighted by Crippen LogP contribution is -2.33. The highest BCUT2D eigenvalue weighted by atomic mass is 35.5. The standard InChI is InChI=1S/C16H23ClF3N/c1-11(2)15(13-6-8-14(17)9-7-13)21-12(3)5-4-10-16(18,19)20/h6-9,11-12,15,21H,4-5,10H2,1-3H3. The van der Waals surface area contributed by atoms with E-state index in [1.807, 2.05) is 31.2 Å². The van der Waals surface area contributed by atoms with Crippen LogP contribution in [0.2, 0.25) is 5.02 Å². The molecule has 1 aromatic rings. The van der Waals surface area contributed by atoms with Crippen LogP contribution in [0.25, 0.3) is 0 Å². The second kappa shape index (κ2) is 8.04. The molecule has 0 radical (unpaired) electrons. The molecule has 1 aromatic carbocycles. The van der Waals surface area contributed by atoms with Gasteiger partial charge in [-0.1, -0.05) is 37.6 Å². The van der Waals surface area contributed by atoms with Gasteiger partial charge in [0, 0.05) is 23.5 Å². The molecule has 0 aliphatic rings. The fourth-order valence-electron chi connectivity index (χ4n) is 2.34. The molecule has 0 aliphatic heterocycles. The minimum absolute atomic E-state index is 0.0374. The molecule has 2 atom stereocenters. The van der Waals surface area contributed by atoms with Crippen molar-refractivity contribution in [1.82, 2.24) is 5.32 Å². The Kier molecular flexibility index (Phi) is 7.01. The zero-order chi connectivity index (χ0) is 16.0. The van der Waals surface area contributed by atoms with Gasteiger partial charge in [0.1, 0.15) is 0 Å². The van der Waals surface area contributed by atoms with Crippen molar-refractivity contribution in [1.29, 1.82) is 0 Å². The third kappa shape index (κ3) is 7.18. The normalized spacial score (nSPS) is 15.2. The molecule has 0 bridgehead atoms. The summed E-state index contributed by atoms with van der Waals surface area (Å²) >= 11 is 5.89. The van der Waals surface area contributed by atoms with Gasteiger partial charge < -0.3 is 5.32 Å². The molecule has 0 spiro atoms. The van der Waals surface area contributed by atoms with E-state index in [0.29, 0.717) is 17.4 Å². The lowest BCUT2D eigenvalue weighted by molar-refractivity contribution is -0.135. The van der Waals surface area contributed by atoms with Crippen LogP contribution in [0.1, 0.15) is 51.6 Å². The smallest absolute Gasteiger partial charge is 0.307 e. The molecule has 0 heterocycles. The summed E-state index contributed by atoms with van der Waals surface area (Å²) < 4.78 is 36.5. The fourth-order valence-corrected chi connectivity index (χ4v) is 2.47. The first-order chi connectivity index (χ1) is 9.69. The van der Waals surface area contributed by atoms with E-state index in [-0.39, 0.29) is 18.5 Å². The summed E-state index contributed by atoms with van der Waals surface area (Å²) in [5, 5.41) is 4.11. The molecule has 0 aromatic heterocycles. The molecule has 5 heteroatoms. The third-order valence-electron chi connectivity index (χ3n) is 3.46. The van der Waals surface area contributed by atoms with E-state index < -0.39 is 12.6 Å². The molecular formula is C16H23ClF3N. The molecule has 1 rings (SSSR count). The minimum Gasteiger partial charge on any atom is -0.307 e. The number of rotatable bonds is 7. The Morgan fingerprint density at radius 3 is 2.14 bits per heavy atom. The van der Waals surface area contributed by atoms with E-state index in [0.717, 1.165) is 5.56 Å². The van der Waals surface area contributed by atoms with Gasteiger partial charge >= 0.3 is 6.18 Å². The van der Waals surface area contributed by atoms with Crippen molar-refractivity contribution in [2.24, 2.45) is 5.92 Å². The molecule has 0 saturated heterocycles. The van der Waals surface area contributed by atoms with Crippen molar-refractivity contribution in [2.45, 2.75) is 58.3 Å². The maximum absolute atomic E-state index is 12.2. The molecule has 1 N–H and O–H groups in total. The van der Waals surface area contributed by atoms with Crippen molar-refractivity contribution in [3.8, 4) is 0 Å². The summed E-state index contributed by atoms with van der Waals surface area (Å²) in [7, 11) is 0. The number of halogens is 4. The molecular weight excluding hydrogens is 299 g/mol. The van der Waals surface area contributed by atoms with E-state index >= 15 is 0 Å². The Balaban J connectivity index is 2.56. The molecule has 21 heavy (non-hydrogen) atoms. The summed E-state index contributed by atoms with van der Waals surface area (Å²) in [6.45, 7) is 6.12. The first-order valence-electron chi connectivity index (χ1n) is 7.27. The van der Waals surface area contributed by atoms with Gasteiger partial charge in [0.2, 0.25) is 0 Å². The number of alkyl halides is 3. The third-order valence-corrected chi connectivity index (χ3v) is 3.71. The molecule has 1 nitrogen and oxygen atoms in total. The van der Waals surface area contributed by atoms with E-state index in [4.69, 9.17) is 11.6 Å². The van der Waals surface area contributed by atoms with Gasteiger partial charge in [-0.3, -0.25) is 0 Å². The van der Waals surface area contributed by atoms with Gasteiger partial charge in [0.05, 0.1) is 0 Å². The SMILES string of the molecule is CC(CCCC(F)(F)F)NC(c1ccc(Cl)cc1)C(C)C. The van der Waals surface area contributed by atoms with Gasteiger partial charge in [-0.15, -0.1) is 0 Å². The Labute approximate surface area is 129 Å². The average molecular weight is 322 g/mol. The summed E-state index contributed by atoms with van der Waals surface area (Å²) in [6.07, 6.45) is -4.11. The fraction of sp³-hybridized carbons (Fsp3) is 0.625. The van der Waals surface area contributed by atoms with Crippen molar-refractivity contribution in [3.63, 3.8) is 0 Å². The van der Waals surface area contributed by atoms with Crippen molar-refractivity contribution in [2.75, 3.05) is 0 Å². The summed E-state index contributed by atoms with van der Waals surface area (Å²) in [4.78, 5) is 0. The number of hydrogen-bond donors (Lipinski definition) is 1. The van der Waals surface area contributed by atoms with Gasteiger partial charge in [-0.05, 0) is 43.4 Å². The summed E-state index contributed by atoms with van der Waals surface area (Å²) in [5.41, 5.74) is 1.11. The summed E-state index contributed by atoms with van der Waals surface area (Å²) in [5.74, 6) is 0.344. The van der Waals surface area contributed by atoms with Gasteiger partial charge in [-0.25, -0.2) is 0 Å². The van der Waals surface area contributed by atoms with E-state index in [1.54, 1.807) is 0 Å². The monoisotopic (exact) mass is 321 g/mol. The molecule has 0 amide bonds. The van der Waals surface area contributed by atoms with Crippen LogP contribution in [0.4, 0.5) is 13.2 Å². The van der Waals surface area contributed by atoms with E-state index in [2.05, 4.69) is 19.2 Å². The Morgan fingerprint density at radius 2 is 1.67 bits per heavy atom. The van der Waals surface area contributed by atoms with Crippen LogP contribution in [-0.4, -0.2) is 12.2 Å². The average Bonchev–Trinajstić information content (AvgIpc) is 2.35. The molecule has 0 aliphatic carbocycles. The van der Waals surface area contributed by atoms with Crippen LogP contribution in [0.3, 0.4) is 0 Å². The quantitative estimate of drug-likeness (QED) is 0.674. The second-order valence-electron chi connectivity index (χ2n) is 5.85. The highest BCUT2D eigenvalue weighted by molar-refractivity contribution is 6.30. The number of hydrogen-bond acceptors (Lipinski definition) is 1. The molecule has 0 saturated carbocycles. The summed E-state index contributed by atoms with van der Waals surface area (Å²) in [6, 6.07) is 7.74. The first-order valence-corrected chi connectivity index (χ1v) is 7.65. The van der Waals surface area contributed by atoms with Crippen LogP contribution in [0, 0.1) is 5.92 Å². The second-order valence-corrected chi connectivity index (χ2v) is 6.28. The lowest BCUT2D eigenvalue weighted by atomic mass is 9.94. The predicted octanol–water partition coefficient (Wildman–Crippen LogP) is 5.75. The van der Waals surface area contributed by atoms with Crippen LogP contribution in [0.15, 0.2) is 24.3 Å². The maximum atomic E-state index is 12.2. The van der Waals surface area contributed by atoms with Crippen LogP contribution >= 0.6 is 11.6 Å². The lowest BCUT2D eigenvalue weighted by Gasteiger charge is -2.27. The minimum atomic E-state index is -4.06. The van der Waals surface area contributed by atoms with Crippen LogP contribution < -0.4 is 5.32 Å². The first kappa shape index (κ1) is 18.3. The van der Waals surface area contributed by atoms with Crippen LogP contribution in [0.5, 0.6) is 0 Å². The topological polar surface area (TPSA) is 12.0 Å². The van der Waals surface area contributed by atoms with Gasteiger partial charge in [-0.2, -0.15) is 13.2 Å².